The smallest absolute Gasteiger partial charge is 0.220 e. The van der Waals surface area contributed by atoms with Crippen molar-refractivity contribution in [2.24, 2.45) is 5.92 Å². The summed E-state index contributed by atoms with van der Waals surface area (Å²) in [6.45, 7) is 7.03. The fourth-order valence-corrected chi connectivity index (χ4v) is 0.856. The van der Waals surface area contributed by atoms with Crippen molar-refractivity contribution in [3.05, 3.63) is 0 Å². The third kappa shape index (κ3) is 3.49. The minimum atomic E-state index is 0.211. The second-order valence-corrected chi connectivity index (χ2v) is 2.45. The van der Waals surface area contributed by atoms with Crippen molar-refractivity contribution in [3.63, 3.8) is 0 Å². The number of nitrogens with one attached hydrogen (secondary N) is 1. The average Bonchev–Trinajstić information content (AvgIpc) is 2.00. The molecule has 0 aromatic heterocycles. The molecule has 0 radical (unpaired) electrons. The van der Waals surface area contributed by atoms with Gasteiger partial charge in [0.2, 0.25) is 5.91 Å². The topological polar surface area (TPSA) is 29.1 Å². The molecule has 2 nitrogen and oxygen atoms in total. The lowest BCUT2D eigenvalue weighted by atomic mass is 10.0. The zero-order chi connectivity index (χ0) is 7.98. The molecule has 1 rings (SSSR count). The highest BCUT2D eigenvalue weighted by Gasteiger charge is 2.12. The van der Waals surface area contributed by atoms with Crippen LogP contribution in [0, 0.1) is 5.92 Å². The number of piperidine rings is 1. The van der Waals surface area contributed by atoms with Gasteiger partial charge >= 0.3 is 0 Å². The first-order valence-corrected chi connectivity index (χ1v) is 4.06. The number of hydrogen-bond donors (Lipinski definition) is 1. The van der Waals surface area contributed by atoms with E-state index in [0.29, 0.717) is 5.92 Å². The monoisotopic (exact) mass is 143 g/mol. The van der Waals surface area contributed by atoms with Crippen molar-refractivity contribution in [1.82, 2.24) is 5.32 Å². The number of amides is 1. The lowest BCUT2D eigenvalue weighted by Crippen LogP contribution is -2.33. The maximum absolute atomic E-state index is 10.5. The minimum absolute atomic E-state index is 0.211. The summed E-state index contributed by atoms with van der Waals surface area (Å²) in [6, 6.07) is 0. The fourth-order valence-electron chi connectivity index (χ4n) is 0.856. The molecule has 0 saturated carbocycles. The van der Waals surface area contributed by atoms with Crippen LogP contribution < -0.4 is 5.32 Å². The average molecular weight is 143 g/mol. The summed E-state index contributed by atoms with van der Waals surface area (Å²) in [5.74, 6) is 0.899. The molecule has 1 heterocycles. The molecule has 1 unspecified atom stereocenters. The zero-order valence-corrected chi connectivity index (χ0v) is 7.11. The predicted octanol–water partition coefficient (Wildman–Crippen LogP) is 1.56. The molecule has 10 heavy (non-hydrogen) atoms. The summed E-state index contributed by atoms with van der Waals surface area (Å²) < 4.78 is 0. The van der Waals surface area contributed by atoms with Crippen molar-refractivity contribution < 1.29 is 4.79 Å². The molecule has 0 bridgehead atoms. The Hall–Kier alpha value is -0.530. The van der Waals surface area contributed by atoms with Crippen LogP contribution in [0.3, 0.4) is 0 Å². The molecule has 1 aliphatic rings. The Bertz CT molecular complexity index is 91.4. The molecule has 0 spiro atoms. The summed E-state index contributed by atoms with van der Waals surface area (Å²) in [4.78, 5) is 10.5. The Morgan fingerprint density at radius 1 is 1.50 bits per heavy atom. The summed E-state index contributed by atoms with van der Waals surface area (Å²) >= 11 is 0. The minimum Gasteiger partial charge on any atom is -0.356 e. The lowest BCUT2D eigenvalue weighted by molar-refractivity contribution is -0.122. The van der Waals surface area contributed by atoms with Gasteiger partial charge in [-0.05, 0) is 12.3 Å². The summed E-state index contributed by atoms with van der Waals surface area (Å²) in [6.07, 6.45) is 1.78. The molecule has 1 fully saturated rings. The molecule has 1 amide bonds. The molecule has 0 aromatic carbocycles. The number of carbonyl (C=O) groups is 1. The van der Waals surface area contributed by atoms with Gasteiger partial charge in [0, 0.05) is 13.0 Å². The van der Waals surface area contributed by atoms with Gasteiger partial charge in [-0.25, -0.2) is 0 Å². The molecule has 1 saturated heterocycles. The van der Waals surface area contributed by atoms with E-state index in [9.17, 15) is 4.79 Å². The van der Waals surface area contributed by atoms with Gasteiger partial charge in [0.15, 0.2) is 0 Å². The second kappa shape index (κ2) is 5.27. The Kier molecular flexibility index (Phi) is 4.99. The second-order valence-electron chi connectivity index (χ2n) is 2.45. The molecular weight excluding hydrogens is 126 g/mol. The first-order valence-electron chi connectivity index (χ1n) is 4.06. The van der Waals surface area contributed by atoms with E-state index < -0.39 is 0 Å². The molecular formula is C8H17NO. The Balaban J connectivity index is 0.000000371. The van der Waals surface area contributed by atoms with E-state index in [1.54, 1.807) is 0 Å². The van der Waals surface area contributed by atoms with E-state index in [4.69, 9.17) is 0 Å². The summed E-state index contributed by atoms with van der Waals surface area (Å²) in [7, 11) is 0. The van der Waals surface area contributed by atoms with Gasteiger partial charge in [0.1, 0.15) is 0 Å². The summed E-state index contributed by atoms with van der Waals surface area (Å²) in [5, 5.41) is 2.79. The van der Waals surface area contributed by atoms with Crippen LogP contribution in [0.4, 0.5) is 0 Å². The fraction of sp³-hybridized carbons (Fsp3) is 0.875. The van der Waals surface area contributed by atoms with Crippen molar-refractivity contribution in [2.45, 2.75) is 33.6 Å². The van der Waals surface area contributed by atoms with Gasteiger partial charge in [-0.3, -0.25) is 4.79 Å². The lowest BCUT2D eigenvalue weighted by Gasteiger charge is -2.17. The highest BCUT2D eigenvalue weighted by molar-refractivity contribution is 5.76. The van der Waals surface area contributed by atoms with E-state index in [1.165, 1.54) is 0 Å². The van der Waals surface area contributed by atoms with Crippen LogP contribution in [0.1, 0.15) is 33.6 Å². The van der Waals surface area contributed by atoms with Gasteiger partial charge in [-0.1, -0.05) is 20.8 Å². The highest BCUT2D eigenvalue weighted by atomic mass is 16.1. The predicted molar refractivity (Wildman–Crippen MR) is 42.8 cm³/mol. The number of carbonyl (C=O) groups excluding carboxylic acids is 1. The molecule has 1 N–H and O–H groups in total. The molecule has 0 aliphatic carbocycles. The van der Waals surface area contributed by atoms with Crippen molar-refractivity contribution in [3.8, 4) is 0 Å². The first-order chi connectivity index (χ1) is 4.79. The third-order valence-corrected chi connectivity index (χ3v) is 1.51. The molecule has 60 valence electrons. The standard InChI is InChI=1S/C6H11NO.C2H6/c1-5-2-3-6(8)7-4-5;1-2/h5H,2-4H2,1H3,(H,7,8);1-2H3. The molecule has 0 aromatic rings. The normalized spacial score (nSPS) is 24.3. The quantitative estimate of drug-likeness (QED) is 0.547. The van der Waals surface area contributed by atoms with Crippen LogP contribution in [-0.2, 0) is 4.79 Å². The summed E-state index contributed by atoms with van der Waals surface area (Å²) in [5.41, 5.74) is 0. The maximum atomic E-state index is 10.5. The van der Waals surface area contributed by atoms with Crippen molar-refractivity contribution >= 4 is 5.91 Å². The van der Waals surface area contributed by atoms with E-state index >= 15 is 0 Å². The van der Waals surface area contributed by atoms with E-state index in [2.05, 4.69) is 12.2 Å². The van der Waals surface area contributed by atoms with Crippen LogP contribution in [0.25, 0.3) is 0 Å². The highest BCUT2D eigenvalue weighted by Crippen LogP contribution is 2.07. The van der Waals surface area contributed by atoms with E-state index in [1.807, 2.05) is 13.8 Å². The first kappa shape index (κ1) is 9.47. The van der Waals surface area contributed by atoms with Gasteiger partial charge in [0.05, 0.1) is 0 Å². The van der Waals surface area contributed by atoms with Crippen molar-refractivity contribution in [1.29, 1.82) is 0 Å². The van der Waals surface area contributed by atoms with Crippen LogP contribution in [0.5, 0.6) is 0 Å². The number of rotatable bonds is 0. The van der Waals surface area contributed by atoms with Gasteiger partial charge in [0.25, 0.3) is 0 Å². The van der Waals surface area contributed by atoms with Gasteiger partial charge in [-0.15, -0.1) is 0 Å². The van der Waals surface area contributed by atoms with Crippen molar-refractivity contribution in [2.75, 3.05) is 6.54 Å². The van der Waals surface area contributed by atoms with E-state index in [0.717, 1.165) is 19.4 Å². The molecule has 2 heteroatoms. The van der Waals surface area contributed by atoms with Crippen LogP contribution in [0.2, 0.25) is 0 Å². The maximum Gasteiger partial charge on any atom is 0.220 e. The Labute approximate surface area is 63.0 Å². The SMILES string of the molecule is CC.CC1CCC(=O)NC1. The van der Waals surface area contributed by atoms with Crippen LogP contribution in [-0.4, -0.2) is 12.5 Å². The van der Waals surface area contributed by atoms with Crippen LogP contribution in [0.15, 0.2) is 0 Å². The number of hydrogen-bond acceptors (Lipinski definition) is 1. The Morgan fingerprint density at radius 3 is 2.40 bits per heavy atom. The van der Waals surface area contributed by atoms with Gasteiger partial charge in [-0.2, -0.15) is 0 Å². The third-order valence-electron chi connectivity index (χ3n) is 1.51. The molecule has 1 aliphatic heterocycles. The largest absolute Gasteiger partial charge is 0.356 e. The van der Waals surface area contributed by atoms with Gasteiger partial charge < -0.3 is 5.32 Å². The van der Waals surface area contributed by atoms with Crippen LogP contribution >= 0.6 is 0 Å². The Morgan fingerprint density at radius 2 is 2.10 bits per heavy atom. The van der Waals surface area contributed by atoms with E-state index in [-0.39, 0.29) is 5.91 Å². The molecule has 1 atom stereocenters. The zero-order valence-electron chi connectivity index (χ0n) is 7.11.